The zero-order valence-corrected chi connectivity index (χ0v) is 32.7. The molecule has 6 nitrogen and oxygen atoms in total. The third kappa shape index (κ3) is 7.06. The van der Waals surface area contributed by atoms with Crippen molar-refractivity contribution < 1.29 is 9.47 Å². The van der Waals surface area contributed by atoms with E-state index >= 15 is 0 Å². The summed E-state index contributed by atoms with van der Waals surface area (Å²) in [5, 5.41) is 0. The highest BCUT2D eigenvalue weighted by Gasteiger charge is 2.25. The van der Waals surface area contributed by atoms with Crippen LogP contribution >= 0.6 is 31.9 Å². The van der Waals surface area contributed by atoms with E-state index in [4.69, 9.17) is 19.4 Å². The summed E-state index contributed by atoms with van der Waals surface area (Å²) in [7, 11) is 3.34. The molecule has 0 atom stereocenters. The molecule has 0 aliphatic heterocycles. The normalized spacial score (nSPS) is 11.0. The maximum Gasteiger partial charge on any atom is 0.118 e. The first-order valence-electron chi connectivity index (χ1n) is 17.4. The molecule has 0 unspecified atom stereocenters. The van der Waals surface area contributed by atoms with Crippen LogP contribution in [-0.2, 0) is 0 Å². The van der Waals surface area contributed by atoms with Crippen LogP contribution in [0.2, 0.25) is 0 Å². The van der Waals surface area contributed by atoms with E-state index in [-0.39, 0.29) is 0 Å². The standard InChI is InChI=1S/C46H34Br2N4O2/c1-53-39-25-13-31(14-26-39)43-44(32-15-27-40(54-2)28-16-32)50-46-42(52(36-11-7-4-8-12-36)38-23-19-34(48)20-24-38)30-29-41(45(46)49-43)51(35-9-5-3-6-10-35)37-21-17-33(47)18-22-37/h3-30H,1-2H3. The maximum absolute atomic E-state index is 5.63. The van der Waals surface area contributed by atoms with E-state index in [2.05, 4.69) is 151 Å². The lowest BCUT2D eigenvalue weighted by molar-refractivity contribution is 0.414. The summed E-state index contributed by atoms with van der Waals surface area (Å²) in [6, 6.07) is 57.7. The Morgan fingerprint density at radius 1 is 0.389 bits per heavy atom. The topological polar surface area (TPSA) is 50.7 Å². The minimum absolute atomic E-state index is 0.736. The predicted octanol–water partition coefficient (Wildman–Crippen LogP) is 13.4. The summed E-state index contributed by atoms with van der Waals surface area (Å²) in [6.07, 6.45) is 0. The number of hydrogen-bond donors (Lipinski definition) is 0. The number of fused-ring (bicyclic) bond motifs is 1. The van der Waals surface area contributed by atoms with Crippen LogP contribution in [0.4, 0.5) is 34.1 Å². The molecule has 0 fully saturated rings. The van der Waals surface area contributed by atoms with Crippen LogP contribution in [0.15, 0.2) is 179 Å². The monoisotopic (exact) mass is 832 g/mol. The van der Waals surface area contributed by atoms with Gasteiger partial charge in [-0.1, -0.05) is 68.3 Å². The molecule has 1 aromatic heterocycles. The van der Waals surface area contributed by atoms with Gasteiger partial charge in [-0.3, -0.25) is 0 Å². The van der Waals surface area contributed by atoms with Crippen LogP contribution in [0.3, 0.4) is 0 Å². The van der Waals surface area contributed by atoms with Gasteiger partial charge < -0.3 is 19.3 Å². The lowest BCUT2D eigenvalue weighted by Gasteiger charge is -2.30. The summed E-state index contributed by atoms with van der Waals surface area (Å²) in [4.78, 5) is 15.7. The third-order valence-electron chi connectivity index (χ3n) is 9.19. The first-order valence-corrected chi connectivity index (χ1v) is 18.9. The summed E-state index contributed by atoms with van der Waals surface area (Å²) < 4.78 is 13.1. The number of anilines is 6. The Bertz CT molecular complexity index is 2340. The SMILES string of the molecule is COc1ccc(-c2nc3c(N(c4ccccc4)c4ccc(Br)cc4)ccc(N(c4ccccc4)c4ccc(Br)cc4)c3nc2-c2ccc(OC)cc2)cc1. The quantitative estimate of drug-likeness (QED) is 0.137. The number of rotatable bonds is 10. The van der Waals surface area contributed by atoms with Gasteiger partial charge in [0, 0.05) is 42.8 Å². The highest BCUT2D eigenvalue weighted by atomic mass is 79.9. The average molecular weight is 835 g/mol. The van der Waals surface area contributed by atoms with Crippen LogP contribution in [0.25, 0.3) is 33.5 Å². The van der Waals surface area contributed by atoms with E-state index < -0.39 is 0 Å². The second kappa shape index (κ2) is 15.6. The van der Waals surface area contributed by atoms with E-state index in [1.165, 1.54) is 0 Å². The first kappa shape index (κ1) is 35.1. The Balaban J connectivity index is 1.49. The van der Waals surface area contributed by atoms with E-state index in [0.717, 1.165) is 88.1 Å². The van der Waals surface area contributed by atoms with Gasteiger partial charge in [-0.05, 0) is 133 Å². The molecule has 0 aliphatic rings. The van der Waals surface area contributed by atoms with Crippen molar-refractivity contribution in [3.05, 3.63) is 179 Å². The Morgan fingerprint density at radius 2 is 0.722 bits per heavy atom. The van der Waals surface area contributed by atoms with Crippen LogP contribution in [0.5, 0.6) is 11.5 Å². The second-order valence-electron chi connectivity index (χ2n) is 12.5. The molecule has 0 bridgehead atoms. The molecule has 0 amide bonds. The number of methoxy groups -OCH3 is 2. The van der Waals surface area contributed by atoms with Crippen molar-refractivity contribution in [1.82, 2.24) is 9.97 Å². The molecule has 0 aliphatic carbocycles. The first-order chi connectivity index (χ1) is 26.5. The maximum atomic E-state index is 5.63. The summed E-state index contributed by atoms with van der Waals surface area (Å²) in [6.45, 7) is 0. The molecule has 0 saturated carbocycles. The molecule has 8 rings (SSSR count). The third-order valence-corrected chi connectivity index (χ3v) is 10.2. The van der Waals surface area contributed by atoms with Gasteiger partial charge in [0.15, 0.2) is 0 Å². The van der Waals surface area contributed by atoms with Gasteiger partial charge in [0.05, 0.1) is 37.0 Å². The zero-order chi connectivity index (χ0) is 37.0. The van der Waals surface area contributed by atoms with Crippen molar-refractivity contribution in [2.45, 2.75) is 0 Å². The fraction of sp³-hybridized carbons (Fsp3) is 0.0435. The number of benzene rings is 7. The van der Waals surface area contributed by atoms with Crippen molar-refractivity contribution in [3.63, 3.8) is 0 Å². The minimum atomic E-state index is 0.736. The van der Waals surface area contributed by atoms with Crippen molar-refractivity contribution in [3.8, 4) is 34.0 Å². The van der Waals surface area contributed by atoms with Crippen molar-refractivity contribution >= 4 is 77.0 Å². The lowest BCUT2D eigenvalue weighted by Crippen LogP contribution is -2.15. The molecule has 54 heavy (non-hydrogen) atoms. The Morgan fingerprint density at radius 3 is 1.06 bits per heavy atom. The molecular formula is C46H34Br2N4O2. The van der Waals surface area contributed by atoms with Gasteiger partial charge in [0.2, 0.25) is 0 Å². The molecular weight excluding hydrogens is 800 g/mol. The Labute approximate surface area is 331 Å². The van der Waals surface area contributed by atoms with E-state index in [1.54, 1.807) is 14.2 Å². The molecule has 1 heterocycles. The predicted molar refractivity (Wildman–Crippen MR) is 228 cm³/mol. The van der Waals surface area contributed by atoms with Crippen molar-refractivity contribution in [2.24, 2.45) is 0 Å². The molecule has 264 valence electrons. The fourth-order valence-electron chi connectivity index (χ4n) is 6.56. The lowest BCUT2D eigenvalue weighted by atomic mass is 10.0. The number of halogens is 2. The van der Waals surface area contributed by atoms with Crippen LogP contribution in [-0.4, -0.2) is 24.2 Å². The summed E-state index contributed by atoms with van der Waals surface area (Å²) in [5.41, 5.74) is 10.5. The van der Waals surface area contributed by atoms with E-state index in [9.17, 15) is 0 Å². The van der Waals surface area contributed by atoms with Gasteiger partial charge >= 0.3 is 0 Å². The Kier molecular flexibility index (Phi) is 10.1. The van der Waals surface area contributed by atoms with Crippen molar-refractivity contribution in [2.75, 3.05) is 24.0 Å². The molecule has 0 spiro atoms. The van der Waals surface area contributed by atoms with Gasteiger partial charge in [0.25, 0.3) is 0 Å². The molecule has 8 aromatic rings. The van der Waals surface area contributed by atoms with Gasteiger partial charge in [-0.2, -0.15) is 0 Å². The number of ether oxygens (including phenoxy) is 2. The molecule has 8 heteroatoms. The molecule has 0 saturated heterocycles. The zero-order valence-electron chi connectivity index (χ0n) is 29.5. The number of nitrogens with zero attached hydrogens (tertiary/aromatic N) is 4. The largest absolute Gasteiger partial charge is 0.497 e. The van der Waals surface area contributed by atoms with Gasteiger partial charge in [-0.25, -0.2) is 9.97 Å². The fourth-order valence-corrected chi connectivity index (χ4v) is 7.09. The highest BCUT2D eigenvalue weighted by molar-refractivity contribution is 9.10. The van der Waals surface area contributed by atoms with Gasteiger partial charge in [-0.15, -0.1) is 0 Å². The number of hydrogen-bond acceptors (Lipinski definition) is 6. The van der Waals surface area contributed by atoms with E-state index in [1.807, 2.05) is 60.7 Å². The van der Waals surface area contributed by atoms with Crippen LogP contribution in [0.1, 0.15) is 0 Å². The number of para-hydroxylation sites is 2. The second-order valence-corrected chi connectivity index (χ2v) is 14.3. The molecule has 7 aromatic carbocycles. The minimum Gasteiger partial charge on any atom is -0.497 e. The number of aromatic nitrogens is 2. The molecule has 0 radical (unpaired) electrons. The van der Waals surface area contributed by atoms with Crippen molar-refractivity contribution in [1.29, 1.82) is 0 Å². The highest BCUT2D eigenvalue weighted by Crippen LogP contribution is 2.46. The molecule has 0 N–H and O–H groups in total. The Hall–Kier alpha value is -5.96. The van der Waals surface area contributed by atoms with E-state index in [0.29, 0.717) is 0 Å². The summed E-state index contributed by atoms with van der Waals surface area (Å²) >= 11 is 7.28. The average Bonchev–Trinajstić information content (AvgIpc) is 3.23. The smallest absolute Gasteiger partial charge is 0.118 e. The van der Waals surface area contributed by atoms with Gasteiger partial charge in [0.1, 0.15) is 22.5 Å². The van der Waals surface area contributed by atoms with Crippen LogP contribution in [0, 0.1) is 0 Å². The summed E-state index contributed by atoms with van der Waals surface area (Å²) in [5.74, 6) is 1.53. The van der Waals surface area contributed by atoms with Crippen LogP contribution < -0.4 is 19.3 Å².